The fraction of sp³-hybridized carbons (Fsp3) is 0.481. The minimum Gasteiger partial charge on any atom is -0.451 e. The van der Waals surface area contributed by atoms with Gasteiger partial charge in [-0.15, -0.1) is 0 Å². The first-order valence-electron chi connectivity index (χ1n) is 13.0. The van der Waals surface area contributed by atoms with Crippen LogP contribution in [0, 0.1) is 5.82 Å². The fourth-order valence-electron chi connectivity index (χ4n) is 4.27. The molecule has 3 rings (SSSR count). The molecule has 0 bridgehead atoms. The van der Waals surface area contributed by atoms with Crippen molar-refractivity contribution in [2.24, 2.45) is 0 Å². The smallest absolute Gasteiger partial charge is 0.451 e. The van der Waals surface area contributed by atoms with Gasteiger partial charge in [-0.05, 0) is 19.4 Å². The molecule has 0 saturated heterocycles. The van der Waals surface area contributed by atoms with Crippen molar-refractivity contribution in [3.05, 3.63) is 61.8 Å². The number of hydrogen-bond donors (Lipinski definition) is 1. The third-order valence-corrected chi connectivity index (χ3v) is 6.58. The molecule has 12 nitrogen and oxygen atoms in total. The topological polar surface area (TPSA) is 135 Å². The molecule has 1 aromatic heterocycles. The van der Waals surface area contributed by atoms with Crippen LogP contribution >= 0.6 is 11.6 Å². The molecule has 0 atom stereocenters. The Hall–Kier alpha value is -3.68. The number of hydrogen-bond acceptors (Lipinski definition) is 9. The van der Waals surface area contributed by atoms with E-state index >= 15 is 0 Å². The van der Waals surface area contributed by atoms with E-state index in [1.807, 2.05) is 0 Å². The van der Waals surface area contributed by atoms with Gasteiger partial charge in [-0.2, -0.15) is 0 Å². The molecule has 1 aliphatic rings. The maximum atomic E-state index is 14.4. The van der Waals surface area contributed by atoms with Crippen molar-refractivity contribution < 1.29 is 42.5 Å². The largest absolute Gasteiger partial charge is 0.511 e. The summed E-state index contributed by atoms with van der Waals surface area (Å²) in [7, 11) is 1.53. The van der Waals surface area contributed by atoms with Gasteiger partial charge in [0.15, 0.2) is 5.69 Å². The molecule has 224 valence electrons. The average Bonchev–Trinajstić information content (AvgIpc) is 2.96. The predicted molar refractivity (Wildman–Crippen MR) is 145 cm³/mol. The van der Waals surface area contributed by atoms with Crippen molar-refractivity contribution in [2.45, 2.75) is 33.4 Å². The maximum absolute atomic E-state index is 14.4. The SMILES string of the molecule is CCc1c(C(=O)NCc2cccc(Cl)c2F)c(=O)c(OCOC(=O)OCCOCCOC)c2n1CCN(CC)C2=O. The zero-order chi connectivity index (χ0) is 29.9. The number of aromatic nitrogens is 1. The third-order valence-electron chi connectivity index (χ3n) is 6.29. The van der Waals surface area contributed by atoms with Gasteiger partial charge in [0.25, 0.3) is 11.8 Å². The van der Waals surface area contributed by atoms with Gasteiger partial charge in [0, 0.05) is 44.5 Å². The zero-order valence-electron chi connectivity index (χ0n) is 23.1. The second kappa shape index (κ2) is 15.4. The standard InChI is InChI=1S/C27H33ClFN3O9/c1-4-19-20(25(34)30-15-17-7-6-8-18(28)21(17)29)23(33)24(22-26(35)31(5-2)9-10-32(19)22)40-16-41-27(36)39-14-13-38-12-11-37-3/h6-8H,4-5,9-16H2,1-3H3,(H,30,34). The number of methoxy groups -OCH3 is 1. The fourth-order valence-corrected chi connectivity index (χ4v) is 4.46. The Morgan fingerprint density at radius 3 is 2.54 bits per heavy atom. The van der Waals surface area contributed by atoms with Crippen LogP contribution in [0.4, 0.5) is 9.18 Å². The minimum absolute atomic E-state index is 0.0547. The lowest BCUT2D eigenvalue weighted by Gasteiger charge is -2.32. The lowest BCUT2D eigenvalue weighted by molar-refractivity contribution is -0.0128. The average molecular weight is 598 g/mol. The summed E-state index contributed by atoms with van der Waals surface area (Å²) in [5.41, 5.74) is -0.738. The van der Waals surface area contributed by atoms with Crippen LogP contribution in [0.15, 0.2) is 23.0 Å². The number of nitrogens with zero attached hydrogens (tertiary/aromatic N) is 2. The van der Waals surface area contributed by atoms with Gasteiger partial charge in [-0.3, -0.25) is 14.4 Å². The van der Waals surface area contributed by atoms with Crippen LogP contribution in [-0.4, -0.2) is 80.9 Å². The number of ether oxygens (including phenoxy) is 5. The maximum Gasteiger partial charge on any atom is 0.511 e. The first-order valence-corrected chi connectivity index (χ1v) is 13.4. The van der Waals surface area contributed by atoms with E-state index in [0.717, 1.165) is 0 Å². The van der Waals surface area contributed by atoms with Gasteiger partial charge in [-0.1, -0.05) is 30.7 Å². The molecule has 1 aromatic carbocycles. The summed E-state index contributed by atoms with van der Waals surface area (Å²) < 4.78 is 41.2. The molecular formula is C27H33ClFN3O9. The molecule has 0 radical (unpaired) electrons. The predicted octanol–water partition coefficient (Wildman–Crippen LogP) is 2.76. The molecule has 1 N–H and O–H groups in total. The summed E-state index contributed by atoms with van der Waals surface area (Å²) >= 11 is 5.83. The van der Waals surface area contributed by atoms with Gasteiger partial charge in [0.1, 0.15) is 18.0 Å². The molecule has 0 spiro atoms. The van der Waals surface area contributed by atoms with Gasteiger partial charge in [-0.25, -0.2) is 9.18 Å². The van der Waals surface area contributed by atoms with E-state index in [1.165, 1.54) is 30.2 Å². The quantitative estimate of drug-likeness (QED) is 0.198. The van der Waals surface area contributed by atoms with Crippen molar-refractivity contribution in [1.82, 2.24) is 14.8 Å². The Bertz CT molecular complexity index is 1320. The molecule has 0 fully saturated rings. The first kappa shape index (κ1) is 31.8. The molecule has 41 heavy (non-hydrogen) atoms. The minimum atomic E-state index is -1.08. The molecule has 2 heterocycles. The van der Waals surface area contributed by atoms with E-state index < -0.39 is 41.8 Å². The Kier molecular flexibility index (Phi) is 11.9. The molecule has 0 saturated carbocycles. The van der Waals surface area contributed by atoms with Crippen molar-refractivity contribution >= 4 is 29.6 Å². The second-order valence-corrected chi connectivity index (χ2v) is 9.13. The number of carbonyl (C=O) groups is 3. The number of fused-ring (bicyclic) bond motifs is 1. The summed E-state index contributed by atoms with van der Waals surface area (Å²) in [6.45, 7) is 4.31. The van der Waals surface area contributed by atoms with Crippen molar-refractivity contribution in [2.75, 3.05) is 53.4 Å². The van der Waals surface area contributed by atoms with E-state index in [1.54, 1.807) is 18.4 Å². The van der Waals surface area contributed by atoms with E-state index in [2.05, 4.69) is 5.32 Å². The Morgan fingerprint density at radius 1 is 1.07 bits per heavy atom. The van der Waals surface area contributed by atoms with Crippen molar-refractivity contribution in [3.8, 4) is 5.75 Å². The highest BCUT2D eigenvalue weighted by Crippen LogP contribution is 2.25. The number of pyridine rings is 1. The summed E-state index contributed by atoms with van der Waals surface area (Å²) in [5.74, 6) is -2.39. The molecular weight excluding hydrogens is 565 g/mol. The molecule has 0 unspecified atom stereocenters. The van der Waals surface area contributed by atoms with Gasteiger partial charge in [0.2, 0.25) is 18.0 Å². The number of likely N-dealkylation sites (N-methyl/N-ethyl adjacent to an activating group) is 1. The van der Waals surface area contributed by atoms with E-state index in [-0.39, 0.29) is 48.0 Å². The second-order valence-electron chi connectivity index (χ2n) is 8.72. The van der Waals surface area contributed by atoms with Crippen molar-refractivity contribution in [3.63, 3.8) is 0 Å². The first-order chi connectivity index (χ1) is 19.7. The zero-order valence-corrected chi connectivity index (χ0v) is 23.9. The van der Waals surface area contributed by atoms with Crippen molar-refractivity contribution in [1.29, 1.82) is 0 Å². The van der Waals surface area contributed by atoms with Crippen LogP contribution in [-0.2, 0) is 38.5 Å². The van der Waals surface area contributed by atoms with Gasteiger partial charge in [0.05, 0.1) is 24.8 Å². The van der Waals surface area contributed by atoms with E-state index in [9.17, 15) is 23.6 Å². The normalized spacial score (nSPS) is 12.6. The highest BCUT2D eigenvalue weighted by atomic mass is 35.5. The molecule has 2 amide bonds. The van der Waals surface area contributed by atoms with Gasteiger partial charge >= 0.3 is 6.16 Å². The Labute approximate surface area is 241 Å². The monoisotopic (exact) mass is 597 g/mol. The molecule has 14 heteroatoms. The third kappa shape index (κ3) is 7.75. The Morgan fingerprint density at radius 2 is 1.83 bits per heavy atom. The summed E-state index contributed by atoms with van der Waals surface area (Å²) in [6.07, 6.45) is -0.839. The Balaban J connectivity index is 1.84. The summed E-state index contributed by atoms with van der Waals surface area (Å²) in [6, 6.07) is 4.37. The van der Waals surface area contributed by atoms with E-state index in [4.69, 9.17) is 35.3 Å². The summed E-state index contributed by atoms with van der Waals surface area (Å²) in [4.78, 5) is 53.7. The molecule has 1 aliphatic heterocycles. The van der Waals surface area contributed by atoms with Crippen LogP contribution in [0.3, 0.4) is 0 Å². The molecule has 0 aliphatic carbocycles. The van der Waals surface area contributed by atoms with Crippen LogP contribution in [0.25, 0.3) is 0 Å². The van der Waals surface area contributed by atoms with Crippen LogP contribution in [0.5, 0.6) is 5.75 Å². The number of rotatable bonds is 14. The van der Waals surface area contributed by atoms with Crippen LogP contribution in [0.1, 0.15) is 46.0 Å². The van der Waals surface area contributed by atoms with Crippen LogP contribution in [0.2, 0.25) is 5.02 Å². The number of carbonyl (C=O) groups excluding carboxylic acids is 3. The highest BCUT2D eigenvalue weighted by Gasteiger charge is 2.34. The number of halogens is 2. The lowest BCUT2D eigenvalue weighted by Crippen LogP contribution is -2.44. The summed E-state index contributed by atoms with van der Waals surface area (Å²) in [5, 5.41) is 2.45. The number of benzene rings is 1. The highest BCUT2D eigenvalue weighted by molar-refractivity contribution is 6.30. The lowest BCUT2D eigenvalue weighted by atomic mass is 10.0. The van der Waals surface area contributed by atoms with Gasteiger partial charge < -0.3 is 38.5 Å². The van der Waals surface area contributed by atoms with E-state index in [0.29, 0.717) is 38.5 Å². The van der Waals surface area contributed by atoms with Crippen LogP contribution < -0.4 is 15.5 Å². The number of amides is 2. The number of nitrogens with one attached hydrogen (secondary N) is 1. The molecule has 2 aromatic rings.